The predicted molar refractivity (Wildman–Crippen MR) is 109 cm³/mol. The lowest BCUT2D eigenvalue weighted by molar-refractivity contribution is -0.135. The number of rotatable bonds is 4. The van der Waals surface area contributed by atoms with E-state index in [1.807, 2.05) is 43.3 Å². The number of carbonyl (C=O) groups excluding carboxylic acids is 2. The summed E-state index contributed by atoms with van der Waals surface area (Å²) < 4.78 is 0.753. The number of likely N-dealkylation sites (N-methyl/N-ethyl adjacent to an activating group) is 1. The molecule has 0 unspecified atom stereocenters. The van der Waals surface area contributed by atoms with Gasteiger partial charge in [0.1, 0.15) is 0 Å². The molecule has 0 aromatic heterocycles. The summed E-state index contributed by atoms with van der Waals surface area (Å²) in [5.74, 6) is -0.715. The number of Topliss-reactive ketones (excluding diaryl/α,β-unsaturated/α-hetero) is 1. The van der Waals surface area contributed by atoms with Crippen LogP contribution in [0.2, 0.25) is 0 Å². The smallest absolute Gasteiger partial charge is 0.264 e. The Morgan fingerprint density at radius 2 is 1.81 bits per heavy atom. The van der Waals surface area contributed by atoms with Gasteiger partial charge in [-0.05, 0) is 42.0 Å². The largest absolute Gasteiger partial charge is 0.375 e. The van der Waals surface area contributed by atoms with Crippen LogP contribution in [0.4, 0.5) is 5.69 Å². The topological polar surface area (TPSA) is 57.6 Å². The van der Waals surface area contributed by atoms with Crippen molar-refractivity contribution in [3.63, 3.8) is 0 Å². The predicted octanol–water partition coefficient (Wildman–Crippen LogP) is 4.43. The van der Waals surface area contributed by atoms with Gasteiger partial charge in [0.25, 0.3) is 5.91 Å². The quantitative estimate of drug-likeness (QED) is 0.631. The molecular formula is C22H18BrNO3. The molecule has 1 aliphatic rings. The Morgan fingerprint density at radius 3 is 2.56 bits per heavy atom. The molecule has 1 atom stereocenters. The van der Waals surface area contributed by atoms with E-state index in [0.29, 0.717) is 23.4 Å². The second-order valence-electron chi connectivity index (χ2n) is 6.73. The van der Waals surface area contributed by atoms with Crippen molar-refractivity contribution in [1.82, 2.24) is 0 Å². The molecule has 0 aliphatic carbocycles. The van der Waals surface area contributed by atoms with Gasteiger partial charge in [0.2, 0.25) is 0 Å². The number of anilines is 1. The zero-order chi connectivity index (χ0) is 19.2. The van der Waals surface area contributed by atoms with Gasteiger partial charge in [0, 0.05) is 22.1 Å². The van der Waals surface area contributed by atoms with E-state index in [1.54, 1.807) is 24.3 Å². The van der Waals surface area contributed by atoms with Gasteiger partial charge in [0.15, 0.2) is 11.4 Å². The third kappa shape index (κ3) is 2.87. The van der Waals surface area contributed by atoms with Crippen LogP contribution in [-0.2, 0) is 10.4 Å². The van der Waals surface area contributed by atoms with Crippen LogP contribution in [0, 0.1) is 0 Å². The molecule has 1 heterocycles. The number of benzene rings is 3. The minimum atomic E-state index is -1.85. The first-order valence-electron chi connectivity index (χ1n) is 8.80. The molecule has 3 aromatic carbocycles. The van der Waals surface area contributed by atoms with Gasteiger partial charge in [-0.3, -0.25) is 9.59 Å². The minimum absolute atomic E-state index is 0.263. The Labute approximate surface area is 165 Å². The number of amides is 1. The molecule has 136 valence electrons. The van der Waals surface area contributed by atoms with Crippen LogP contribution in [0.5, 0.6) is 0 Å². The van der Waals surface area contributed by atoms with Crippen LogP contribution in [0.3, 0.4) is 0 Å². The summed E-state index contributed by atoms with van der Waals surface area (Å²) in [5.41, 5.74) is -0.239. The molecule has 0 fully saturated rings. The number of hydrogen-bond donors (Lipinski definition) is 1. The molecule has 1 aliphatic heterocycles. The zero-order valence-corrected chi connectivity index (χ0v) is 16.4. The highest BCUT2D eigenvalue weighted by molar-refractivity contribution is 9.10. The van der Waals surface area contributed by atoms with Crippen molar-refractivity contribution in [2.75, 3.05) is 11.4 Å². The standard InChI is InChI=1S/C22H18BrNO3/c1-2-24-19-10-9-17(23)12-18(19)22(27,21(24)26)13-20(25)16-8-7-14-5-3-4-6-15(14)11-16/h3-12,27H,2,13H2,1H3/t22-/m0/s1. The highest BCUT2D eigenvalue weighted by atomic mass is 79.9. The summed E-state index contributed by atoms with van der Waals surface area (Å²) in [6.45, 7) is 2.28. The minimum Gasteiger partial charge on any atom is -0.375 e. The summed E-state index contributed by atoms with van der Waals surface area (Å²) in [5, 5.41) is 13.2. The van der Waals surface area contributed by atoms with E-state index in [4.69, 9.17) is 0 Å². The van der Waals surface area contributed by atoms with E-state index < -0.39 is 11.5 Å². The molecule has 27 heavy (non-hydrogen) atoms. The number of carbonyl (C=O) groups is 2. The van der Waals surface area contributed by atoms with Crippen LogP contribution in [0.25, 0.3) is 10.8 Å². The van der Waals surface area contributed by atoms with Crippen LogP contribution < -0.4 is 4.90 Å². The molecule has 5 heteroatoms. The number of aliphatic hydroxyl groups is 1. The SMILES string of the molecule is CCN1C(=O)[C@](O)(CC(=O)c2ccc3ccccc3c2)c2cc(Br)ccc21. The summed E-state index contributed by atoms with van der Waals surface area (Å²) in [7, 11) is 0. The Kier molecular flexibility index (Phi) is 4.36. The summed E-state index contributed by atoms with van der Waals surface area (Å²) >= 11 is 3.39. The maximum absolute atomic E-state index is 12.9. The van der Waals surface area contributed by atoms with Crippen molar-refractivity contribution < 1.29 is 14.7 Å². The molecule has 0 radical (unpaired) electrons. The van der Waals surface area contributed by atoms with Crippen molar-refractivity contribution >= 4 is 44.1 Å². The maximum Gasteiger partial charge on any atom is 0.264 e. The summed E-state index contributed by atoms with van der Waals surface area (Å²) in [4.78, 5) is 27.4. The third-order valence-corrected chi connectivity index (χ3v) is 5.59. The third-order valence-electron chi connectivity index (χ3n) is 5.10. The number of ketones is 1. The summed E-state index contributed by atoms with van der Waals surface area (Å²) in [6, 6.07) is 18.5. The Balaban J connectivity index is 1.73. The first kappa shape index (κ1) is 17.9. The molecule has 4 rings (SSSR count). The van der Waals surface area contributed by atoms with Gasteiger partial charge >= 0.3 is 0 Å². The van der Waals surface area contributed by atoms with E-state index in [9.17, 15) is 14.7 Å². The molecule has 0 saturated heterocycles. The van der Waals surface area contributed by atoms with Crippen LogP contribution in [-0.4, -0.2) is 23.3 Å². The van der Waals surface area contributed by atoms with Gasteiger partial charge in [-0.25, -0.2) is 0 Å². The fourth-order valence-corrected chi connectivity index (χ4v) is 4.07. The van der Waals surface area contributed by atoms with E-state index in [1.165, 1.54) is 4.90 Å². The molecule has 0 bridgehead atoms. The van der Waals surface area contributed by atoms with Crippen molar-refractivity contribution in [2.24, 2.45) is 0 Å². The number of halogens is 1. The lowest BCUT2D eigenvalue weighted by Crippen LogP contribution is -2.41. The van der Waals surface area contributed by atoms with Crippen molar-refractivity contribution in [2.45, 2.75) is 18.9 Å². The first-order chi connectivity index (χ1) is 12.9. The normalized spacial score (nSPS) is 18.8. The molecule has 1 N–H and O–H groups in total. The molecule has 1 amide bonds. The average molecular weight is 424 g/mol. The van der Waals surface area contributed by atoms with Crippen LogP contribution in [0.1, 0.15) is 29.3 Å². The van der Waals surface area contributed by atoms with Gasteiger partial charge in [0.05, 0.1) is 12.1 Å². The van der Waals surface area contributed by atoms with Crippen LogP contribution >= 0.6 is 15.9 Å². The molecule has 4 nitrogen and oxygen atoms in total. The van der Waals surface area contributed by atoms with E-state index in [0.717, 1.165) is 15.2 Å². The van der Waals surface area contributed by atoms with E-state index >= 15 is 0 Å². The maximum atomic E-state index is 12.9. The highest BCUT2D eigenvalue weighted by Crippen LogP contribution is 2.44. The Bertz CT molecular complexity index is 1080. The molecular weight excluding hydrogens is 406 g/mol. The van der Waals surface area contributed by atoms with Gasteiger partial charge < -0.3 is 10.0 Å². The lowest BCUT2D eigenvalue weighted by Gasteiger charge is -2.22. The van der Waals surface area contributed by atoms with Gasteiger partial charge in [-0.1, -0.05) is 52.3 Å². The van der Waals surface area contributed by atoms with Crippen molar-refractivity contribution in [1.29, 1.82) is 0 Å². The molecule has 0 saturated carbocycles. The fraction of sp³-hybridized carbons (Fsp3) is 0.182. The Hall–Kier alpha value is -2.50. The fourth-order valence-electron chi connectivity index (χ4n) is 3.70. The second-order valence-corrected chi connectivity index (χ2v) is 7.65. The molecule has 0 spiro atoms. The van der Waals surface area contributed by atoms with Crippen molar-refractivity contribution in [3.8, 4) is 0 Å². The van der Waals surface area contributed by atoms with E-state index in [2.05, 4.69) is 15.9 Å². The number of hydrogen-bond acceptors (Lipinski definition) is 3. The van der Waals surface area contributed by atoms with Gasteiger partial charge in [-0.15, -0.1) is 0 Å². The Morgan fingerprint density at radius 1 is 1.07 bits per heavy atom. The first-order valence-corrected chi connectivity index (χ1v) is 9.59. The van der Waals surface area contributed by atoms with E-state index in [-0.39, 0.29) is 12.2 Å². The highest BCUT2D eigenvalue weighted by Gasteiger charge is 2.50. The number of nitrogens with zero attached hydrogens (tertiary/aromatic N) is 1. The van der Waals surface area contributed by atoms with Crippen molar-refractivity contribution in [3.05, 3.63) is 76.3 Å². The summed E-state index contributed by atoms with van der Waals surface area (Å²) in [6.07, 6.45) is -0.288. The zero-order valence-electron chi connectivity index (χ0n) is 14.8. The molecule has 3 aromatic rings. The van der Waals surface area contributed by atoms with Gasteiger partial charge in [-0.2, -0.15) is 0 Å². The second kappa shape index (κ2) is 6.59. The lowest BCUT2D eigenvalue weighted by atomic mass is 9.88. The van der Waals surface area contributed by atoms with Crippen LogP contribution in [0.15, 0.2) is 65.1 Å². The number of fused-ring (bicyclic) bond motifs is 2. The average Bonchev–Trinajstić information content (AvgIpc) is 2.88. The monoisotopic (exact) mass is 423 g/mol.